The summed E-state index contributed by atoms with van der Waals surface area (Å²) in [6.45, 7) is 19.4. The van der Waals surface area contributed by atoms with Crippen molar-refractivity contribution in [2.45, 2.75) is 113 Å². The van der Waals surface area contributed by atoms with E-state index in [1.807, 2.05) is 0 Å². The third kappa shape index (κ3) is 5.37. The zero-order chi connectivity index (χ0) is 29.5. The second kappa shape index (κ2) is 11.2. The van der Waals surface area contributed by atoms with Crippen LogP contribution in [0.5, 0.6) is 0 Å². The van der Waals surface area contributed by atoms with Gasteiger partial charge in [-0.05, 0) is 98.3 Å². The van der Waals surface area contributed by atoms with E-state index in [-0.39, 0.29) is 21.7 Å². The minimum Gasteiger partial charge on any atom is -0.0774 e. The van der Waals surface area contributed by atoms with Crippen molar-refractivity contribution in [3.05, 3.63) is 95.1 Å². The van der Waals surface area contributed by atoms with Gasteiger partial charge in [-0.3, -0.25) is 0 Å². The molecule has 0 aromatic heterocycles. The van der Waals surface area contributed by atoms with Crippen molar-refractivity contribution >= 4 is 11.1 Å². The van der Waals surface area contributed by atoms with Crippen LogP contribution in [0.3, 0.4) is 0 Å². The molecule has 218 valence electrons. The van der Waals surface area contributed by atoms with E-state index in [1.54, 1.807) is 11.1 Å². The van der Waals surface area contributed by atoms with Crippen LogP contribution >= 0.6 is 0 Å². The number of fused-ring (bicyclic) bond motifs is 3. The van der Waals surface area contributed by atoms with Crippen LogP contribution in [0.15, 0.2) is 72.9 Å². The summed E-state index contributed by atoms with van der Waals surface area (Å²) in [5, 5.41) is 0. The van der Waals surface area contributed by atoms with Crippen LogP contribution in [-0.4, -0.2) is 0 Å². The van der Waals surface area contributed by atoms with Crippen LogP contribution in [0, 0.1) is 21.7 Å². The summed E-state index contributed by atoms with van der Waals surface area (Å²) >= 11 is 0. The molecule has 5 rings (SSSR count). The van der Waals surface area contributed by atoms with Gasteiger partial charge < -0.3 is 0 Å². The second-order valence-electron chi connectivity index (χ2n) is 15.3. The lowest BCUT2D eigenvalue weighted by Crippen LogP contribution is -2.36. The van der Waals surface area contributed by atoms with Crippen LogP contribution in [0.25, 0.3) is 22.3 Å². The molecule has 0 bridgehead atoms. The van der Waals surface area contributed by atoms with Crippen LogP contribution < -0.4 is 0 Å². The Morgan fingerprint density at radius 2 is 1.17 bits per heavy atom. The monoisotopic (exact) mass is 546 g/mol. The Bertz CT molecular complexity index is 1390. The van der Waals surface area contributed by atoms with Crippen molar-refractivity contribution in [1.29, 1.82) is 0 Å². The minimum absolute atomic E-state index is 0.176. The third-order valence-corrected chi connectivity index (χ3v) is 11.0. The molecular formula is C41H54. The van der Waals surface area contributed by atoms with Gasteiger partial charge in [-0.25, -0.2) is 0 Å². The Labute approximate surface area is 251 Å². The van der Waals surface area contributed by atoms with Gasteiger partial charge in [0, 0.05) is 0 Å². The topological polar surface area (TPSA) is 0 Å². The Hall–Kier alpha value is -2.60. The predicted molar refractivity (Wildman–Crippen MR) is 181 cm³/mol. The fraction of sp³-hybridized carbons (Fsp3) is 0.512. The number of allylic oxidation sites excluding steroid dienone is 8. The Morgan fingerprint density at radius 3 is 1.76 bits per heavy atom. The zero-order valence-electron chi connectivity index (χ0n) is 27.3. The molecule has 0 amide bonds. The molecule has 0 spiro atoms. The van der Waals surface area contributed by atoms with Crippen molar-refractivity contribution in [2.24, 2.45) is 21.7 Å². The molecule has 0 radical (unpaired) electrons. The van der Waals surface area contributed by atoms with Gasteiger partial charge in [0.15, 0.2) is 0 Å². The van der Waals surface area contributed by atoms with E-state index in [2.05, 4.69) is 128 Å². The molecule has 0 heteroatoms. The highest BCUT2D eigenvalue weighted by Crippen LogP contribution is 2.56. The summed E-state index contributed by atoms with van der Waals surface area (Å²) in [4.78, 5) is 0. The maximum Gasteiger partial charge on any atom is -0.000718 e. The van der Waals surface area contributed by atoms with Gasteiger partial charge in [0.2, 0.25) is 0 Å². The van der Waals surface area contributed by atoms with Gasteiger partial charge in [0.1, 0.15) is 0 Å². The lowest BCUT2D eigenvalue weighted by Gasteiger charge is -2.46. The van der Waals surface area contributed by atoms with Crippen LogP contribution in [-0.2, 0) is 6.42 Å². The second-order valence-corrected chi connectivity index (χ2v) is 15.3. The smallest absolute Gasteiger partial charge is 0.000718 e. The van der Waals surface area contributed by atoms with Crippen molar-refractivity contribution < 1.29 is 0 Å². The van der Waals surface area contributed by atoms with E-state index in [0.29, 0.717) is 0 Å². The fourth-order valence-corrected chi connectivity index (χ4v) is 7.92. The number of hydrogen-bond acceptors (Lipinski definition) is 0. The normalized spacial score (nSPS) is 23.7. The van der Waals surface area contributed by atoms with Crippen molar-refractivity contribution in [1.82, 2.24) is 0 Å². The van der Waals surface area contributed by atoms with Crippen LogP contribution in [0.4, 0.5) is 0 Å². The maximum absolute atomic E-state index is 2.56. The van der Waals surface area contributed by atoms with Gasteiger partial charge in [-0.15, -0.1) is 0 Å². The molecule has 0 saturated carbocycles. The molecule has 3 aliphatic rings. The number of unbranched alkanes of at least 4 members (excludes halogenated alkanes) is 2. The average molecular weight is 547 g/mol. The van der Waals surface area contributed by atoms with Gasteiger partial charge in [-0.2, -0.15) is 0 Å². The van der Waals surface area contributed by atoms with Crippen LogP contribution in [0.2, 0.25) is 0 Å². The number of rotatable bonds is 8. The van der Waals surface area contributed by atoms with Crippen molar-refractivity contribution in [3.63, 3.8) is 0 Å². The summed E-state index contributed by atoms with van der Waals surface area (Å²) in [6.07, 6.45) is 25.6. The van der Waals surface area contributed by atoms with Crippen molar-refractivity contribution in [2.75, 3.05) is 0 Å². The molecular weight excluding hydrogens is 492 g/mol. The Kier molecular flexibility index (Phi) is 8.19. The number of benzene rings is 2. The van der Waals surface area contributed by atoms with E-state index in [9.17, 15) is 0 Å². The summed E-state index contributed by atoms with van der Waals surface area (Å²) in [6, 6.07) is 14.0. The molecule has 2 atom stereocenters. The van der Waals surface area contributed by atoms with Crippen LogP contribution in [0.1, 0.15) is 129 Å². The highest BCUT2D eigenvalue weighted by atomic mass is 14.5. The lowest BCUT2D eigenvalue weighted by atomic mass is 9.58. The summed E-state index contributed by atoms with van der Waals surface area (Å²) in [5.41, 5.74) is 12.8. The van der Waals surface area contributed by atoms with Gasteiger partial charge in [-0.1, -0.05) is 154 Å². The first-order chi connectivity index (χ1) is 19.5. The third-order valence-electron chi connectivity index (χ3n) is 11.0. The molecule has 2 unspecified atom stereocenters. The summed E-state index contributed by atoms with van der Waals surface area (Å²) in [5.74, 6) is 0. The predicted octanol–water partition coefficient (Wildman–Crippen LogP) is 12.4. The quantitative estimate of drug-likeness (QED) is 0.263. The molecule has 0 N–H and O–H groups in total. The standard InChI is InChI=1S/C41H54/c1-9-11-23-40(38(3,4)5)25-15-18-31(28-40)34-21-22-35-33-20-14-13-17-30(33)27-36(35)37(34)32-19-16-26-41(29-32,24-12-10-2)39(6,7)8/h13-22,25-26H,9-12,23-24,27-29H2,1-8H3. The molecule has 0 nitrogen and oxygen atoms in total. The molecule has 0 aliphatic heterocycles. The SMILES string of the molecule is CCCCC1(C(C)(C)C)C=CC=C(c2ccc3c(c2C2=CC=CC(CCCC)(C(C)(C)C)C2)Cc2ccccc2-3)C1. The maximum atomic E-state index is 2.56. The first-order valence-electron chi connectivity index (χ1n) is 16.5. The average Bonchev–Trinajstić information content (AvgIpc) is 3.32. The van der Waals surface area contributed by atoms with E-state index in [4.69, 9.17) is 0 Å². The summed E-state index contributed by atoms with van der Waals surface area (Å²) in [7, 11) is 0. The van der Waals surface area contributed by atoms with Gasteiger partial charge >= 0.3 is 0 Å². The first-order valence-corrected chi connectivity index (χ1v) is 16.5. The van der Waals surface area contributed by atoms with E-state index < -0.39 is 0 Å². The summed E-state index contributed by atoms with van der Waals surface area (Å²) < 4.78 is 0. The zero-order valence-corrected chi connectivity index (χ0v) is 27.3. The largest absolute Gasteiger partial charge is 0.0774 e. The Balaban J connectivity index is 1.66. The highest BCUT2D eigenvalue weighted by Gasteiger charge is 2.43. The minimum atomic E-state index is 0.176. The number of hydrogen-bond donors (Lipinski definition) is 0. The van der Waals surface area contributed by atoms with E-state index in [1.165, 1.54) is 71.9 Å². The molecule has 41 heavy (non-hydrogen) atoms. The van der Waals surface area contributed by atoms with Crippen molar-refractivity contribution in [3.8, 4) is 11.1 Å². The van der Waals surface area contributed by atoms with Gasteiger partial charge in [0.05, 0.1) is 0 Å². The fourth-order valence-electron chi connectivity index (χ4n) is 7.92. The molecule has 0 saturated heterocycles. The first kappa shape index (κ1) is 29.9. The molecule has 2 aromatic carbocycles. The molecule has 0 fully saturated rings. The molecule has 2 aromatic rings. The van der Waals surface area contributed by atoms with E-state index in [0.717, 1.165) is 19.3 Å². The van der Waals surface area contributed by atoms with E-state index >= 15 is 0 Å². The Morgan fingerprint density at radius 1 is 0.634 bits per heavy atom. The van der Waals surface area contributed by atoms with Gasteiger partial charge in [0.25, 0.3) is 0 Å². The molecule has 3 aliphatic carbocycles. The lowest BCUT2D eigenvalue weighted by molar-refractivity contribution is 0.132. The molecule has 0 heterocycles. The highest BCUT2D eigenvalue weighted by molar-refractivity contribution is 5.91.